The van der Waals surface area contributed by atoms with Crippen molar-refractivity contribution in [1.82, 2.24) is 30.0 Å². The van der Waals surface area contributed by atoms with Crippen LogP contribution in [0.3, 0.4) is 0 Å². The second-order valence-corrected chi connectivity index (χ2v) is 6.75. The number of likely N-dealkylation sites (tertiary alicyclic amines) is 1. The highest BCUT2D eigenvalue weighted by molar-refractivity contribution is 5.80. The molecule has 0 bridgehead atoms. The van der Waals surface area contributed by atoms with E-state index in [1.54, 1.807) is 23.1 Å². The van der Waals surface area contributed by atoms with E-state index in [1.807, 2.05) is 23.1 Å². The second-order valence-electron chi connectivity index (χ2n) is 6.75. The largest absolute Gasteiger partial charge is 0.459 e. The van der Waals surface area contributed by atoms with Crippen LogP contribution in [0, 0.1) is 0 Å². The SMILES string of the molecule is O=C(CCn1nnc2cc(-c3noc(-c4ccco4)n3)ccc21)N1CCCC1. The van der Waals surface area contributed by atoms with Gasteiger partial charge in [-0.15, -0.1) is 5.10 Å². The smallest absolute Gasteiger partial charge is 0.293 e. The molecule has 4 aromatic rings. The van der Waals surface area contributed by atoms with Gasteiger partial charge in [0.15, 0.2) is 5.76 Å². The monoisotopic (exact) mass is 378 g/mol. The normalized spacial score (nSPS) is 14.2. The van der Waals surface area contributed by atoms with Gasteiger partial charge in [-0.05, 0) is 43.2 Å². The van der Waals surface area contributed by atoms with Gasteiger partial charge in [0.05, 0.1) is 18.3 Å². The quantitative estimate of drug-likeness (QED) is 0.526. The molecular weight excluding hydrogens is 360 g/mol. The Kier molecular flexibility index (Phi) is 4.12. The molecule has 9 nitrogen and oxygen atoms in total. The number of fused-ring (bicyclic) bond motifs is 1. The molecule has 1 aromatic carbocycles. The van der Waals surface area contributed by atoms with Crippen molar-refractivity contribution in [3.63, 3.8) is 0 Å². The summed E-state index contributed by atoms with van der Waals surface area (Å²) >= 11 is 0. The molecule has 1 aliphatic rings. The lowest BCUT2D eigenvalue weighted by Crippen LogP contribution is -2.28. The van der Waals surface area contributed by atoms with Gasteiger partial charge < -0.3 is 13.8 Å². The topological polar surface area (TPSA) is 103 Å². The molecule has 1 amide bonds. The predicted octanol–water partition coefficient (Wildman–Crippen LogP) is 2.75. The van der Waals surface area contributed by atoms with Crippen molar-refractivity contribution in [3.05, 3.63) is 36.6 Å². The van der Waals surface area contributed by atoms with Crippen molar-refractivity contribution >= 4 is 16.9 Å². The Morgan fingerprint density at radius 3 is 2.89 bits per heavy atom. The second kappa shape index (κ2) is 6.91. The van der Waals surface area contributed by atoms with Crippen LogP contribution in [0.25, 0.3) is 34.1 Å². The van der Waals surface area contributed by atoms with E-state index in [-0.39, 0.29) is 5.91 Å². The summed E-state index contributed by atoms with van der Waals surface area (Å²) in [4.78, 5) is 18.5. The standard InChI is InChI=1S/C19H18N6O3/c26-17(24-8-1-2-9-24)7-10-25-15-6-5-13(12-14(15)21-23-25)18-20-19(28-22-18)16-4-3-11-27-16/h3-6,11-12H,1-2,7-10H2. The molecule has 1 saturated heterocycles. The van der Waals surface area contributed by atoms with Gasteiger partial charge in [-0.25, -0.2) is 4.68 Å². The number of nitrogens with zero attached hydrogens (tertiary/aromatic N) is 6. The Bertz CT molecular complexity index is 1110. The average molecular weight is 378 g/mol. The fourth-order valence-electron chi connectivity index (χ4n) is 3.44. The molecule has 5 rings (SSSR count). The summed E-state index contributed by atoms with van der Waals surface area (Å²) in [5.41, 5.74) is 2.36. The summed E-state index contributed by atoms with van der Waals surface area (Å²) in [5, 5.41) is 12.4. The first kappa shape index (κ1) is 16.7. The molecule has 4 heterocycles. The number of aromatic nitrogens is 5. The number of hydrogen-bond donors (Lipinski definition) is 0. The van der Waals surface area contributed by atoms with E-state index in [4.69, 9.17) is 8.94 Å². The minimum absolute atomic E-state index is 0.176. The molecule has 9 heteroatoms. The van der Waals surface area contributed by atoms with Crippen LogP contribution in [0.15, 0.2) is 45.5 Å². The number of amides is 1. The number of carbonyl (C=O) groups excluding carboxylic acids is 1. The first-order valence-electron chi connectivity index (χ1n) is 9.27. The fourth-order valence-corrected chi connectivity index (χ4v) is 3.44. The Hall–Kier alpha value is -3.49. The highest BCUT2D eigenvalue weighted by Crippen LogP contribution is 2.25. The molecular formula is C19H18N6O3. The minimum atomic E-state index is 0.176. The van der Waals surface area contributed by atoms with Crippen molar-refractivity contribution < 1.29 is 13.7 Å². The van der Waals surface area contributed by atoms with Crippen molar-refractivity contribution in [3.8, 4) is 23.0 Å². The Morgan fingerprint density at radius 1 is 1.18 bits per heavy atom. The highest BCUT2D eigenvalue weighted by atomic mass is 16.5. The van der Waals surface area contributed by atoms with Crippen molar-refractivity contribution in [2.75, 3.05) is 13.1 Å². The lowest BCUT2D eigenvalue weighted by Gasteiger charge is -2.14. The maximum absolute atomic E-state index is 12.2. The van der Waals surface area contributed by atoms with Crippen LogP contribution in [-0.4, -0.2) is 49.0 Å². The number of aryl methyl sites for hydroxylation is 1. The third-order valence-corrected chi connectivity index (χ3v) is 4.93. The van der Waals surface area contributed by atoms with Crippen LogP contribution < -0.4 is 0 Å². The maximum atomic E-state index is 12.2. The van der Waals surface area contributed by atoms with E-state index < -0.39 is 0 Å². The van der Waals surface area contributed by atoms with Gasteiger partial charge in [0.1, 0.15) is 5.52 Å². The Balaban J connectivity index is 1.34. The molecule has 28 heavy (non-hydrogen) atoms. The molecule has 0 atom stereocenters. The third kappa shape index (κ3) is 3.04. The summed E-state index contributed by atoms with van der Waals surface area (Å²) in [6, 6.07) is 9.18. The first-order valence-corrected chi connectivity index (χ1v) is 9.27. The van der Waals surface area contributed by atoms with Crippen molar-refractivity contribution in [2.45, 2.75) is 25.8 Å². The summed E-state index contributed by atoms with van der Waals surface area (Å²) in [6.07, 6.45) is 4.17. The van der Waals surface area contributed by atoms with E-state index >= 15 is 0 Å². The minimum Gasteiger partial charge on any atom is -0.459 e. The van der Waals surface area contributed by atoms with Gasteiger partial charge in [0.2, 0.25) is 11.7 Å². The van der Waals surface area contributed by atoms with Crippen LogP contribution in [0.1, 0.15) is 19.3 Å². The van der Waals surface area contributed by atoms with Crippen LogP contribution >= 0.6 is 0 Å². The van der Waals surface area contributed by atoms with Crippen LogP contribution in [0.2, 0.25) is 0 Å². The highest BCUT2D eigenvalue weighted by Gasteiger charge is 2.18. The van der Waals surface area contributed by atoms with E-state index in [1.165, 1.54) is 0 Å². The van der Waals surface area contributed by atoms with Gasteiger partial charge >= 0.3 is 0 Å². The van der Waals surface area contributed by atoms with E-state index in [0.717, 1.165) is 42.5 Å². The average Bonchev–Trinajstić information content (AvgIpc) is 3.51. The van der Waals surface area contributed by atoms with Crippen LogP contribution in [0.4, 0.5) is 0 Å². The Morgan fingerprint density at radius 2 is 2.07 bits per heavy atom. The van der Waals surface area contributed by atoms with Crippen LogP contribution in [0.5, 0.6) is 0 Å². The molecule has 3 aromatic heterocycles. The summed E-state index contributed by atoms with van der Waals surface area (Å²) in [6.45, 7) is 2.24. The first-order chi connectivity index (χ1) is 13.8. The zero-order valence-electron chi connectivity index (χ0n) is 15.1. The van der Waals surface area contributed by atoms with Gasteiger partial charge in [0, 0.05) is 25.1 Å². The van der Waals surface area contributed by atoms with Crippen molar-refractivity contribution in [2.24, 2.45) is 0 Å². The van der Waals surface area contributed by atoms with E-state index in [2.05, 4.69) is 20.5 Å². The number of benzene rings is 1. The third-order valence-electron chi connectivity index (χ3n) is 4.93. The lowest BCUT2D eigenvalue weighted by molar-refractivity contribution is -0.130. The molecule has 0 N–H and O–H groups in total. The molecule has 0 spiro atoms. The van der Waals surface area contributed by atoms with Gasteiger partial charge in [-0.3, -0.25) is 4.79 Å². The molecule has 0 aliphatic carbocycles. The summed E-state index contributed by atoms with van der Waals surface area (Å²) < 4.78 is 12.3. The molecule has 0 saturated carbocycles. The predicted molar refractivity (Wildman–Crippen MR) is 99.0 cm³/mol. The summed E-state index contributed by atoms with van der Waals surface area (Å²) in [5.74, 6) is 1.47. The van der Waals surface area contributed by atoms with Crippen molar-refractivity contribution in [1.29, 1.82) is 0 Å². The number of hydrogen-bond acceptors (Lipinski definition) is 7. The lowest BCUT2D eigenvalue weighted by atomic mass is 10.2. The van der Waals surface area contributed by atoms with Gasteiger partial charge in [-0.2, -0.15) is 4.98 Å². The van der Waals surface area contributed by atoms with E-state index in [9.17, 15) is 4.79 Å². The molecule has 1 aliphatic heterocycles. The zero-order valence-corrected chi connectivity index (χ0v) is 15.1. The Labute approximate surface area is 159 Å². The van der Waals surface area contributed by atoms with Gasteiger partial charge in [-0.1, -0.05) is 10.4 Å². The number of furan rings is 1. The fraction of sp³-hybridized carbons (Fsp3) is 0.316. The van der Waals surface area contributed by atoms with E-state index in [0.29, 0.717) is 30.4 Å². The molecule has 0 radical (unpaired) electrons. The number of rotatable bonds is 5. The van der Waals surface area contributed by atoms with Crippen LogP contribution in [-0.2, 0) is 11.3 Å². The molecule has 1 fully saturated rings. The number of carbonyl (C=O) groups is 1. The zero-order chi connectivity index (χ0) is 18.9. The maximum Gasteiger partial charge on any atom is 0.293 e. The summed E-state index contributed by atoms with van der Waals surface area (Å²) in [7, 11) is 0. The van der Waals surface area contributed by atoms with Gasteiger partial charge in [0.25, 0.3) is 5.89 Å². The molecule has 0 unspecified atom stereocenters. The molecule has 142 valence electrons.